The van der Waals surface area contributed by atoms with Gasteiger partial charge >= 0.3 is 12.1 Å². The van der Waals surface area contributed by atoms with E-state index in [1.807, 2.05) is 24.3 Å². The van der Waals surface area contributed by atoms with Crippen molar-refractivity contribution in [3.63, 3.8) is 0 Å². The summed E-state index contributed by atoms with van der Waals surface area (Å²) in [5, 5.41) is 11.7. The third-order valence-electron chi connectivity index (χ3n) is 2.96. The van der Waals surface area contributed by atoms with E-state index in [1.165, 1.54) is 0 Å². The molecular weight excluding hydrogens is 334 g/mol. The molecule has 0 fully saturated rings. The van der Waals surface area contributed by atoms with Crippen molar-refractivity contribution in [3.05, 3.63) is 35.4 Å². The summed E-state index contributed by atoms with van der Waals surface area (Å²) in [6.45, 7) is 11.7. The van der Waals surface area contributed by atoms with Crippen LogP contribution in [0.25, 0.3) is 0 Å². The number of alkyl carbamates (subject to hydrolysis) is 1. The molecule has 0 radical (unpaired) electrons. The molecule has 136 valence electrons. The van der Waals surface area contributed by atoms with Gasteiger partial charge in [-0.15, -0.1) is 5.54 Å². The molecular formula is C19H27NO4Si. The highest BCUT2D eigenvalue weighted by Gasteiger charge is 2.24. The third kappa shape index (κ3) is 8.96. The lowest BCUT2D eigenvalue weighted by molar-refractivity contribution is -0.139. The maximum Gasteiger partial charge on any atom is 0.408 e. The van der Waals surface area contributed by atoms with Gasteiger partial charge in [0.05, 0.1) is 0 Å². The van der Waals surface area contributed by atoms with Crippen molar-refractivity contribution >= 4 is 20.1 Å². The molecule has 0 aliphatic rings. The smallest absolute Gasteiger partial charge is 0.408 e. The van der Waals surface area contributed by atoms with Crippen LogP contribution in [-0.2, 0) is 16.0 Å². The molecule has 6 heteroatoms. The number of carboxylic acid groups (broad SMARTS) is 1. The first kappa shape index (κ1) is 20.8. The van der Waals surface area contributed by atoms with Crippen LogP contribution in [0, 0.1) is 11.5 Å². The summed E-state index contributed by atoms with van der Waals surface area (Å²) in [5.74, 6) is 2.05. The Morgan fingerprint density at radius 3 is 2.20 bits per heavy atom. The number of ether oxygens (including phenoxy) is 1. The third-order valence-corrected chi connectivity index (χ3v) is 3.84. The van der Waals surface area contributed by atoms with Gasteiger partial charge in [0, 0.05) is 12.0 Å². The Balaban J connectivity index is 2.77. The second kappa shape index (κ2) is 8.21. The van der Waals surface area contributed by atoms with Crippen LogP contribution in [0.1, 0.15) is 31.9 Å². The van der Waals surface area contributed by atoms with Crippen LogP contribution in [0.15, 0.2) is 24.3 Å². The standard InChI is InChI=1S/C19H27NO4Si/c1-19(2,3)24-18(23)20-16(17(21)22)13-15-9-7-14(8-10-15)11-12-25(4,5)6/h7-10,16H,13H2,1-6H3,(H,20,23)(H,21,22)/t16-/m0/s1. The van der Waals surface area contributed by atoms with Gasteiger partial charge in [0.2, 0.25) is 0 Å². The van der Waals surface area contributed by atoms with Crippen LogP contribution in [-0.4, -0.2) is 36.9 Å². The largest absolute Gasteiger partial charge is 0.480 e. The average molecular weight is 362 g/mol. The van der Waals surface area contributed by atoms with Gasteiger partial charge in [0.1, 0.15) is 19.7 Å². The molecule has 0 aromatic heterocycles. The number of rotatable bonds is 4. The zero-order valence-corrected chi connectivity index (χ0v) is 16.8. The monoisotopic (exact) mass is 361 g/mol. The van der Waals surface area contributed by atoms with Gasteiger partial charge in [-0.2, -0.15) is 0 Å². The summed E-state index contributed by atoms with van der Waals surface area (Å²) >= 11 is 0. The molecule has 0 aliphatic carbocycles. The van der Waals surface area contributed by atoms with Crippen molar-refractivity contribution in [2.24, 2.45) is 0 Å². The van der Waals surface area contributed by atoms with Gasteiger partial charge < -0.3 is 15.2 Å². The van der Waals surface area contributed by atoms with E-state index in [2.05, 4.69) is 36.4 Å². The first-order valence-corrected chi connectivity index (χ1v) is 11.7. The Hall–Kier alpha value is -2.26. The van der Waals surface area contributed by atoms with E-state index in [-0.39, 0.29) is 6.42 Å². The van der Waals surface area contributed by atoms with E-state index in [1.54, 1.807) is 20.8 Å². The Kier molecular flexibility index (Phi) is 6.83. The lowest BCUT2D eigenvalue weighted by atomic mass is 10.0. The van der Waals surface area contributed by atoms with E-state index in [0.29, 0.717) is 0 Å². The van der Waals surface area contributed by atoms with Gasteiger partial charge in [-0.3, -0.25) is 0 Å². The fourth-order valence-corrected chi connectivity index (χ4v) is 2.39. The second-order valence-corrected chi connectivity index (χ2v) is 12.7. The molecule has 1 aromatic carbocycles. The van der Waals surface area contributed by atoms with Crippen molar-refractivity contribution in [3.8, 4) is 11.5 Å². The molecule has 0 unspecified atom stereocenters. The maximum absolute atomic E-state index is 11.8. The molecule has 1 aromatic rings. The van der Waals surface area contributed by atoms with E-state index in [0.717, 1.165) is 11.1 Å². The first-order chi connectivity index (χ1) is 11.4. The van der Waals surface area contributed by atoms with Crippen molar-refractivity contribution < 1.29 is 19.4 Å². The van der Waals surface area contributed by atoms with Gasteiger partial charge in [-0.25, -0.2) is 9.59 Å². The molecule has 2 N–H and O–H groups in total. The second-order valence-electron chi connectivity index (χ2n) is 7.94. The molecule has 1 rings (SSSR count). The summed E-state index contributed by atoms with van der Waals surface area (Å²) in [5.41, 5.74) is 4.32. The highest BCUT2D eigenvalue weighted by molar-refractivity contribution is 6.83. The van der Waals surface area contributed by atoms with Gasteiger partial charge in [-0.1, -0.05) is 37.7 Å². The van der Waals surface area contributed by atoms with Crippen LogP contribution >= 0.6 is 0 Å². The van der Waals surface area contributed by atoms with E-state index in [9.17, 15) is 14.7 Å². The number of carbonyl (C=O) groups is 2. The lowest BCUT2D eigenvalue weighted by Gasteiger charge is -2.22. The predicted octanol–water partition coefficient (Wildman–Crippen LogP) is 3.44. The van der Waals surface area contributed by atoms with Crippen LogP contribution in [0.2, 0.25) is 19.6 Å². The number of hydrogen-bond donors (Lipinski definition) is 2. The average Bonchev–Trinajstić information content (AvgIpc) is 2.43. The first-order valence-electron chi connectivity index (χ1n) is 8.20. The van der Waals surface area contributed by atoms with Gasteiger partial charge in [-0.05, 0) is 38.5 Å². The van der Waals surface area contributed by atoms with Crippen molar-refractivity contribution in [2.45, 2.75) is 58.5 Å². The van der Waals surface area contributed by atoms with Gasteiger partial charge in [0.15, 0.2) is 0 Å². The zero-order chi connectivity index (χ0) is 19.3. The fourth-order valence-electron chi connectivity index (χ4n) is 1.87. The van der Waals surface area contributed by atoms with E-state index >= 15 is 0 Å². The summed E-state index contributed by atoms with van der Waals surface area (Å²) in [7, 11) is -1.43. The Morgan fingerprint density at radius 1 is 1.20 bits per heavy atom. The molecule has 0 spiro atoms. The Bertz CT molecular complexity index is 673. The highest BCUT2D eigenvalue weighted by Crippen LogP contribution is 2.10. The summed E-state index contributed by atoms with van der Waals surface area (Å²) < 4.78 is 5.11. The van der Waals surface area contributed by atoms with Crippen molar-refractivity contribution in [1.29, 1.82) is 0 Å². The number of benzene rings is 1. The number of amides is 1. The molecule has 0 aliphatic heterocycles. The maximum atomic E-state index is 11.8. The minimum atomic E-state index is -1.43. The minimum Gasteiger partial charge on any atom is -0.480 e. The number of nitrogens with one attached hydrogen (secondary N) is 1. The van der Waals surface area contributed by atoms with Crippen LogP contribution in [0.4, 0.5) is 4.79 Å². The zero-order valence-electron chi connectivity index (χ0n) is 15.8. The Morgan fingerprint density at radius 2 is 1.76 bits per heavy atom. The van der Waals surface area contributed by atoms with E-state index < -0.39 is 31.8 Å². The molecule has 1 atom stereocenters. The Labute approximate surface area is 150 Å². The minimum absolute atomic E-state index is 0.177. The highest BCUT2D eigenvalue weighted by atomic mass is 28.3. The molecule has 25 heavy (non-hydrogen) atoms. The summed E-state index contributed by atoms with van der Waals surface area (Å²) in [6, 6.07) is 6.36. The van der Waals surface area contributed by atoms with Crippen LogP contribution in [0.5, 0.6) is 0 Å². The molecule has 0 bridgehead atoms. The lowest BCUT2D eigenvalue weighted by Crippen LogP contribution is -2.44. The molecule has 5 nitrogen and oxygen atoms in total. The predicted molar refractivity (Wildman–Crippen MR) is 101 cm³/mol. The number of carbonyl (C=O) groups excluding carboxylic acids is 1. The summed E-state index contributed by atoms with van der Waals surface area (Å²) in [6.07, 6.45) is -0.562. The topological polar surface area (TPSA) is 75.6 Å². The number of carboxylic acids is 1. The molecule has 1 amide bonds. The molecule has 0 heterocycles. The quantitative estimate of drug-likeness (QED) is 0.636. The number of hydrogen-bond acceptors (Lipinski definition) is 3. The normalized spacial score (nSPS) is 12.6. The van der Waals surface area contributed by atoms with Crippen molar-refractivity contribution in [1.82, 2.24) is 5.32 Å². The summed E-state index contributed by atoms with van der Waals surface area (Å²) in [4.78, 5) is 23.2. The number of aliphatic carboxylic acids is 1. The van der Waals surface area contributed by atoms with Gasteiger partial charge in [0.25, 0.3) is 0 Å². The van der Waals surface area contributed by atoms with Crippen LogP contribution < -0.4 is 5.32 Å². The van der Waals surface area contributed by atoms with E-state index in [4.69, 9.17) is 4.74 Å². The fraction of sp³-hybridized carbons (Fsp3) is 0.474. The SMILES string of the molecule is CC(C)(C)OC(=O)N[C@@H](Cc1ccc(C#C[Si](C)(C)C)cc1)C(=O)O. The molecule has 0 saturated carbocycles. The molecule has 0 saturated heterocycles. The van der Waals surface area contributed by atoms with Crippen LogP contribution in [0.3, 0.4) is 0 Å². The van der Waals surface area contributed by atoms with Crippen molar-refractivity contribution in [2.75, 3.05) is 0 Å².